The van der Waals surface area contributed by atoms with Crippen molar-refractivity contribution in [2.24, 2.45) is 5.92 Å². The van der Waals surface area contributed by atoms with Crippen molar-refractivity contribution < 1.29 is 14.7 Å². The third-order valence-corrected chi connectivity index (χ3v) is 4.02. The standard InChI is InChI=1S/C12H21NO3S/c1-2-3-7-17-9-11(14)13-6-4-5-10(8-13)12(15)16/h10H,2-9H2,1H3,(H,15,16). The molecule has 1 aliphatic rings. The number of nitrogens with zero attached hydrogens (tertiary/aromatic N) is 1. The van der Waals surface area contributed by atoms with E-state index in [1.54, 1.807) is 16.7 Å². The van der Waals surface area contributed by atoms with Crippen molar-refractivity contribution in [2.45, 2.75) is 32.6 Å². The zero-order valence-electron chi connectivity index (χ0n) is 10.4. The lowest BCUT2D eigenvalue weighted by Gasteiger charge is -2.30. The van der Waals surface area contributed by atoms with Gasteiger partial charge in [-0.2, -0.15) is 11.8 Å². The second kappa shape index (κ2) is 7.58. The summed E-state index contributed by atoms with van der Waals surface area (Å²) in [4.78, 5) is 24.4. The number of carbonyl (C=O) groups excluding carboxylic acids is 1. The molecule has 1 fully saturated rings. The van der Waals surface area contributed by atoms with Crippen LogP contribution in [0.1, 0.15) is 32.6 Å². The zero-order chi connectivity index (χ0) is 12.7. The lowest BCUT2D eigenvalue weighted by atomic mass is 9.98. The Labute approximate surface area is 107 Å². The number of hydrogen-bond donors (Lipinski definition) is 1. The minimum atomic E-state index is -0.777. The van der Waals surface area contributed by atoms with Gasteiger partial charge in [0.1, 0.15) is 0 Å². The summed E-state index contributed by atoms with van der Waals surface area (Å²) >= 11 is 1.65. The van der Waals surface area contributed by atoms with Crippen molar-refractivity contribution >= 4 is 23.6 Å². The summed E-state index contributed by atoms with van der Waals surface area (Å²) in [6.07, 6.45) is 3.78. The summed E-state index contributed by atoms with van der Waals surface area (Å²) in [5.74, 6) is 0.455. The molecule has 1 heterocycles. The predicted octanol–water partition coefficient (Wildman–Crippen LogP) is 1.84. The fourth-order valence-electron chi connectivity index (χ4n) is 1.90. The Morgan fingerprint density at radius 2 is 2.24 bits per heavy atom. The van der Waals surface area contributed by atoms with Gasteiger partial charge in [0.25, 0.3) is 0 Å². The highest BCUT2D eigenvalue weighted by atomic mass is 32.2. The molecule has 0 aromatic heterocycles. The molecular formula is C12H21NO3S. The number of amides is 1. The number of piperidine rings is 1. The molecule has 1 unspecified atom stereocenters. The van der Waals surface area contributed by atoms with E-state index in [0.29, 0.717) is 18.7 Å². The average molecular weight is 259 g/mol. The van der Waals surface area contributed by atoms with Crippen molar-refractivity contribution in [2.75, 3.05) is 24.6 Å². The van der Waals surface area contributed by atoms with Crippen LogP contribution in [0.3, 0.4) is 0 Å². The number of rotatable bonds is 6. The van der Waals surface area contributed by atoms with Gasteiger partial charge in [-0.25, -0.2) is 0 Å². The van der Waals surface area contributed by atoms with Crippen LogP contribution in [0.2, 0.25) is 0 Å². The van der Waals surface area contributed by atoms with Crippen LogP contribution < -0.4 is 0 Å². The van der Waals surface area contributed by atoms with Gasteiger partial charge in [0.2, 0.25) is 5.91 Å². The first-order valence-electron chi connectivity index (χ1n) is 6.23. The molecule has 4 nitrogen and oxygen atoms in total. The molecule has 1 saturated heterocycles. The summed E-state index contributed by atoms with van der Waals surface area (Å²) in [7, 11) is 0. The number of aliphatic carboxylic acids is 1. The molecule has 1 N–H and O–H groups in total. The summed E-state index contributed by atoms with van der Waals surface area (Å²) in [6, 6.07) is 0. The number of hydrogen-bond acceptors (Lipinski definition) is 3. The SMILES string of the molecule is CCCCSCC(=O)N1CCCC(C(=O)O)C1. The molecule has 1 rings (SSSR count). The van der Waals surface area contributed by atoms with E-state index in [4.69, 9.17) is 5.11 Å². The summed E-state index contributed by atoms with van der Waals surface area (Å²) in [5.41, 5.74) is 0. The molecule has 98 valence electrons. The number of carboxylic acids is 1. The van der Waals surface area contributed by atoms with E-state index in [-0.39, 0.29) is 11.8 Å². The van der Waals surface area contributed by atoms with E-state index in [1.807, 2.05) is 0 Å². The molecule has 0 radical (unpaired) electrons. The second-order valence-electron chi connectivity index (χ2n) is 4.42. The first-order valence-corrected chi connectivity index (χ1v) is 7.39. The Balaban J connectivity index is 2.28. The van der Waals surface area contributed by atoms with Crippen molar-refractivity contribution in [3.05, 3.63) is 0 Å². The Morgan fingerprint density at radius 3 is 2.88 bits per heavy atom. The quantitative estimate of drug-likeness (QED) is 0.740. The minimum absolute atomic E-state index is 0.0945. The lowest BCUT2D eigenvalue weighted by Crippen LogP contribution is -2.43. The highest BCUT2D eigenvalue weighted by Gasteiger charge is 2.27. The van der Waals surface area contributed by atoms with Crippen LogP contribution >= 0.6 is 11.8 Å². The van der Waals surface area contributed by atoms with Crippen LogP contribution in [0.5, 0.6) is 0 Å². The number of carbonyl (C=O) groups is 2. The van der Waals surface area contributed by atoms with E-state index >= 15 is 0 Å². The van der Waals surface area contributed by atoms with E-state index in [9.17, 15) is 9.59 Å². The minimum Gasteiger partial charge on any atom is -0.481 e. The lowest BCUT2D eigenvalue weighted by molar-refractivity contribution is -0.145. The van der Waals surface area contributed by atoms with Gasteiger partial charge in [-0.3, -0.25) is 9.59 Å². The summed E-state index contributed by atoms with van der Waals surface area (Å²) in [6.45, 7) is 3.24. The van der Waals surface area contributed by atoms with Gasteiger partial charge in [0.05, 0.1) is 11.7 Å². The predicted molar refractivity (Wildman–Crippen MR) is 69.2 cm³/mol. The van der Waals surface area contributed by atoms with Crippen molar-refractivity contribution in [3.8, 4) is 0 Å². The van der Waals surface area contributed by atoms with Gasteiger partial charge in [-0.05, 0) is 25.0 Å². The first-order chi connectivity index (χ1) is 8.15. The molecule has 1 aliphatic heterocycles. The molecule has 0 aliphatic carbocycles. The molecule has 1 atom stereocenters. The molecule has 0 saturated carbocycles. The van der Waals surface area contributed by atoms with Crippen LogP contribution in [0.15, 0.2) is 0 Å². The topological polar surface area (TPSA) is 57.6 Å². The van der Waals surface area contributed by atoms with Crippen molar-refractivity contribution in [1.82, 2.24) is 4.90 Å². The third kappa shape index (κ3) is 4.98. The fourth-order valence-corrected chi connectivity index (χ4v) is 2.90. The maximum Gasteiger partial charge on any atom is 0.308 e. The molecule has 0 aromatic carbocycles. The number of thioether (sulfide) groups is 1. The highest BCUT2D eigenvalue weighted by Crippen LogP contribution is 2.17. The van der Waals surface area contributed by atoms with Crippen molar-refractivity contribution in [3.63, 3.8) is 0 Å². The molecular weight excluding hydrogens is 238 g/mol. The normalized spacial score (nSPS) is 20.3. The second-order valence-corrected chi connectivity index (χ2v) is 5.53. The Hall–Kier alpha value is -0.710. The third-order valence-electron chi connectivity index (χ3n) is 2.99. The monoisotopic (exact) mass is 259 g/mol. The molecule has 1 amide bonds. The van der Waals surface area contributed by atoms with Crippen LogP contribution in [0.4, 0.5) is 0 Å². The van der Waals surface area contributed by atoms with Crippen molar-refractivity contribution in [1.29, 1.82) is 0 Å². The Morgan fingerprint density at radius 1 is 1.47 bits per heavy atom. The maximum atomic E-state index is 11.8. The maximum absolute atomic E-state index is 11.8. The largest absolute Gasteiger partial charge is 0.481 e. The van der Waals surface area contributed by atoms with E-state index in [2.05, 4.69) is 6.92 Å². The molecule has 17 heavy (non-hydrogen) atoms. The van der Waals surface area contributed by atoms with Gasteiger partial charge in [0.15, 0.2) is 0 Å². The van der Waals surface area contributed by atoms with Crippen LogP contribution in [0.25, 0.3) is 0 Å². The van der Waals surface area contributed by atoms with Gasteiger partial charge in [0, 0.05) is 13.1 Å². The summed E-state index contributed by atoms with van der Waals surface area (Å²) in [5, 5.41) is 8.94. The van der Waals surface area contributed by atoms with Crippen LogP contribution in [-0.4, -0.2) is 46.5 Å². The number of unbranched alkanes of at least 4 members (excludes halogenated alkanes) is 1. The van der Waals surface area contributed by atoms with Crippen LogP contribution in [0, 0.1) is 5.92 Å². The molecule has 0 bridgehead atoms. The Kier molecular flexibility index (Phi) is 6.40. The molecule has 0 spiro atoms. The number of carboxylic acid groups (broad SMARTS) is 1. The Bertz CT molecular complexity index is 270. The van der Waals surface area contributed by atoms with Gasteiger partial charge in [-0.15, -0.1) is 0 Å². The van der Waals surface area contributed by atoms with Gasteiger partial charge < -0.3 is 10.0 Å². The zero-order valence-corrected chi connectivity index (χ0v) is 11.2. The fraction of sp³-hybridized carbons (Fsp3) is 0.833. The highest BCUT2D eigenvalue weighted by molar-refractivity contribution is 7.99. The average Bonchev–Trinajstić information content (AvgIpc) is 2.34. The molecule has 5 heteroatoms. The molecule has 0 aromatic rings. The van der Waals surface area contributed by atoms with Crippen LogP contribution in [-0.2, 0) is 9.59 Å². The van der Waals surface area contributed by atoms with Gasteiger partial charge >= 0.3 is 5.97 Å². The van der Waals surface area contributed by atoms with E-state index < -0.39 is 5.97 Å². The van der Waals surface area contributed by atoms with E-state index in [1.165, 1.54) is 0 Å². The number of likely N-dealkylation sites (tertiary alicyclic amines) is 1. The van der Waals surface area contributed by atoms with E-state index in [0.717, 1.165) is 31.6 Å². The summed E-state index contributed by atoms with van der Waals surface area (Å²) < 4.78 is 0. The first kappa shape index (κ1) is 14.4. The van der Waals surface area contributed by atoms with Gasteiger partial charge in [-0.1, -0.05) is 13.3 Å². The smallest absolute Gasteiger partial charge is 0.308 e.